The van der Waals surface area contributed by atoms with Gasteiger partial charge in [-0.1, -0.05) is 48.5 Å². The van der Waals surface area contributed by atoms with Crippen LogP contribution in [-0.2, 0) is 6.54 Å². The molecule has 4 rings (SSSR count). The summed E-state index contributed by atoms with van der Waals surface area (Å²) >= 11 is 0. The third-order valence-corrected chi connectivity index (χ3v) is 4.94. The smallest absolute Gasteiger partial charge is 0.269 e. The monoisotopic (exact) mass is 412 g/mol. The normalized spacial score (nSPS) is 10.6. The second-order valence-corrected chi connectivity index (χ2v) is 7.11. The number of hydrogen-bond acceptors (Lipinski definition) is 4. The zero-order chi connectivity index (χ0) is 21.8. The van der Waals surface area contributed by atoms with Gasteiger partial charge in [0.2, 0.25) is 0 Å². The molecule has 0 atom stereocenters. The van der Waals surface area contributed by atoms with E-state index >= 15 is 0 Å². The van der Waals surface area contributed by atoms with Gasteiger partial charge in [-0.05, 0) is 24.3 Å². The highest BCUT2D eigenvalue weighted by atomic mass is 16.6. The molecule has 31 heavy (non-hydrogen) atoms. The maximum Gasteiger partial charge on any atom is 0.269 e. The summed E-state index contributed by atoms with van der Waals surface area (Å²) in [7, 11) is 1.71. The van der Waals surface area contributed by atoms with E-state index in [4.69, 9.17) is 5.10 Å². The summed E-state index contributed by atoms with van der Waals surface area (Å²) in [6.07, 6.45) is 1.93. The molecule has 1 aromatic heterocycles. The minimum absolute atomic E-state index is 0.0466. The number of carbonyl (C=O) groups excluding carboxylic acids is 1. The molecule has 3 aromatic carbocycles. The number of amides is 1. The van der Waals surface area contributed by atoms with Crippen molar-refractivity contribution in [2.24, 2.45) is 0 Å². The standard InChI is InChI=1S/C24H20N4O3/c1-26(24(29)19-12-14-22(15-13-19)28(30)31)16-20-17-27(21-10-6-3-7-11-21)25-23(20)18-8-4-2-5-9-18/h2-15,17H,16H2,1H3. The number of rotatable bonds is 6. The van der Waals surface area contributed by atoms with Gasteiger partial charge in [0.05, 0.1) is 16.3 Å². The lowest BCUT2D eigenvalue weighted by atomic mass is 10.1. The Hall–Kier alpha value is -4.26. The van der Waals surface area contributed by atoms with Crippen LogP contribution in [0.5, 0.6) is 0 Å². The quantitative estimate of drug-likeness (QED) is 0.339. The second-order valence-electron chi connectivity index (χ2n) is 7.11. The van der Waals surface area contributed by atoms with Crippen molar-refractivity contribution in [2.75, 3.05) is 7.05 Å². The van der Waals surface area contributed by atoms with Crippen LogP contribution in [0.4, 0.5) is 5.69 Å². The van der Waals surface area contributed by atoms with Crippen molar-refractivity contribution in [3.05, 3.63) is 112 Å². The maximum atomic E-state index is 12.9. The molecule has 7 heteroatoms. The number of hydrogen-bond donors (Lipinski definition) is 0. The van der Waals surface area contributed by atoms with E-state index in [0.717, 1.165) is 22.5 Å². The predicted molar refractivity (Wildman–Crippen MR) is 118 cm³/mol. The summed E-state index contributed by atoms with van der Waals surface area (Å²) < 4.78 is 1.81. The van der Waals surface area contributed by atoms with Crippen LogP contribution >= 0.6 is 0 Å². The number of aromatic nitrogens is 2. The first-order valence-corrected chi connectivity index (χ1v) is 9.72. The van der Waals surface area contributed by atoms with E-state index in [2.05, 4.69) is 0 Å². The average Bonchev–Trinajstić information content (AvgIpc) is 3.23. The van der Waals surface area contributed by atoms with Gasteiger partial charge in [-0.2, -0.15) is 5.10 Å². The van der Waals surface area contributed by atoms with Gasteiger partial charge in [-0.15, -0.1) is 0 Å². The third kappa shape index (κ3) is 4.35. The van der Waals surface area contributed by atoms with Gasteiger partial charge >= 0.3 is 0 Å². The van der Waals surface area contributed by atoms with Gasteiger partial charge in [0.1, 0.15) is 0 Å². The summed E-state index contributed by atoms with van der Waals surface area (Å²) in [5, 5.41) is 15.6. The molecule has 0 spiro atoms. The van der Waals surface area contributed by atoms with Gasteiger partial charge in [-0.3, -0.25) is 14.9 Å². The minimum Gasteiger partial charge on any atom is -0.337 e. The Labute approximate surface area is 179 Å². The lowest BCUT2D eigenvalue weighted by Crippen LogP contribution is -2.26. The highest BCUT2D eigenvalue weighted by Crippen LogP contribution is 2.25. The molecule has 0 saturated carbocycles. The van der Waals surface area contributed by atoms with Gasteiger partial charge in [-0.25, -0.2) is 4.68 Å². The van der Waals surface area contributed by atoms with E-state index in [9.17, 15) is 14.9 Å². The van der Waals surface area contributed by atoms with Crippen molar-refractivity contribution < 1.29 is 9.72 Å². The number of para-hydroxylation sites is 1. The van der Waals surface area contributed by atoms with Crippen LogP contribution in [0.2, 0.25) is 0 Å². The Balaban J connectivity index is 1.64. The fourth-order valence-electron chi connectivity index (χ4n) is 3.35. The largest absolute Gasteiger partial charge is 0.337 e. The van der Waals surface area contributed by atoms with Crippen molar-refractivity contribution in [1.82, 2.24) is 14.7 Å². The van der Waals surface area contributed by atoms with E-state index in [0.29, 0.717) is 12.1 Å². The van der Waals surface area contributed by atoms with Gasteiger partial charge in [0.15, 0.2) is 0 Å². The van der Waals surface area contributed by atoms with Crippen molar-refractivity contribution in [2.45, 2.75) is 6.54 Å². The second kappa shape index (κ2) is 8.62. The summed E-state index contributed by atoms with van der Waals surface area (Å²) in [4.78, 5) is 24.8. The average molecular weight is 412 g/mol. The number of carbonyl (C=O) groups is 1. The highest BCUT2D eigenvalue weighted by Gasteiger charge is 2.18. The van der Waals surface area contributed by atoms with Crippen LogP contribution in [0.25, 0.3) is 16.9 Å². The predicted octanol–water partition coefficient (Wildman–Crippen LogP) is 4.72. The topological polar surface area (TPSA) is 81.3 Å². The SMILES string of the molecule is CN(Cc1cn(-c2ccccc2)nc1-c1ccccc1)C(=O)c1ccc([N+](=O)[O-])cc1. The van der Waals surface area contributed by atoms with E-state index in [1.54, 1.807) is 11.9 Å². The van der Waals surface area contributed by atoms with Crippen LogP contribution in [-0.4, -0.2) is 32.6 Å². The zero-order valence-electron chi connectivity index (χ0n) is 16.9. The first-order chi connectivity index (χ1) is 15.0. The zero-order valence-corrected chi connectivity index (χ0v) is 16.9. The van der Waals surface area contributed by atoms with Crippen LogP contribution in [0.3, 0.4) is 0 Å². The van der Waals surface area contributed by atoms with E-state index < -0.39 is 4.92 Å². The summed E-state index contributed by atoms with van der Waals surface area (Å²) in [6, 6.07) is 25.2. The summed E-state index contributed by atoms with van der Waals surface area (Å²) in [6.45, 7) is 0.340. The molecular formula is C24H20N4O3. The van der Waals surface area contributed by atoms with Crippen LogP contribution < -0.4 is 0 Å². The molecule has 0 bridgehead atoms. The van der Waals surface area contributed by atoms with E-state index in [1.807, 2.05) is 71.5 Å². The molecule has 0 aliphatic carbocycles. The first-order valence-electron chi connectivity index (χ1n) is 9.72. The Morgan fingerprint density at radius 1 is 0.968 bits per heavy atom. The molecule has 1 amide bonds. The fourth-order valence-corrected chi connectivity index (χ4v) is 3.35. The Bertz CT molecular complexity index is 1200. The molecule has 0 saturated heterocycles. The van der Waals surface area contributed by atoms with Gasteiger partial charge in [0, 0.05) is 48.6 Å². The number of nitro benzene ring substituents is 1. The van der Waals surface area contributed by atoms with E-state index in [-0.39, 0.29) is 11.6 Å². The molecule has 0 aliphatic heterocycles. The van der Waals surface area contributed by atoms with Crippen molar-refractivity contribution in [3.8, 4) is 16.9 Å². The molecule has 154 valence electrons. The lowest BCUT2D eigenvalue weighted by molar-refractivity contribution is -0.384. The Morgan fingerprint density at radius 2 is 1.58 bits per heavy atom. The highest BCUT2D eigenvalue weighted by molar-refractivity contribution is 5.94. The summed E-state index contributed by atoms with van der Waals surface area (Å²) in [5.74, 6) is -0.221. The minimum atomic E-state index is -0.484. The number of nitro groups is 1. The van der Waals surface area contributed by atoms with Gasteiger partial charge < -0.3 is 4.90 Å². The Kier molecular flexibility index (Phi) is 5.57. The molecule has 1 heterocycles. The molecule has 0 aliphatic rings. The van der Waals surface area contributed by atoms with Crippen molar-refractivity contribution in [3.63, 3.8) is 0 Å². The Morgan fingerprint density at radius 3 is 2.19 bits per heavy atom. The number of benzene rings is 3. The van der Waals surface area contributed by atoms with Gasteiger partial charge in [0.25, 0.3) is 11.6 Å². The number of nitrogens with zero attached hydrogens (tertiary/aromatic N) is 4. The molecule has 0 fully saturated rings. The molecule has 0 unspecified atom stereocenters. The molecule has 0 radical (unpaired) electrons. The summed E-state index contributed by atoms with van der Waals surface area (Å²) in [5.41, 5.74) is 3.93. The van der Waals surface area contributed by atoms with Crippen molar-refractivity contribution >= 4 is 11.6 Å². The molecule has 4 aromatic rings. The molecule has 0 N–H and O–H groups in total. The molecule has 7 nitrogen and oxygen atoms in total. The van der Waals surface area contributed by atoms with Crippen LogP contribution in [0.15, 0.2) is 91.1 Å². The number of non-ortho nitro benzene ring substituents is 1. The first kappa shape index (κ1) is 20.0. The fraction of sp³-hybridized carbons (Fsp3) is 0.0833. The van der Waals surface area contributed by atoms with E-state index in [1.165, 1.54) is 24.3 Å². The third-order valence-electron chi connectivity index (χ3n) is 4.94. The lowest BCUT2D eigenvalue weighted by Gasteiger charge is -2.17. The van der Waals surface area contributed by atoms with Crippen LogP contribution in [0.1, 0.15) is 15.9 Å². The molecular weight excluding hydrogens is 392 g/mol. The van der Waals surface area contributed by atoms with Crippen molar-refractivity contribution in [1.29, 1.82) is 0 Å². The maximum absolute atomic E-state index is 12.9. The van der Waals surface area contributed by atoms with Crippen LogP contribution in [0, 0.1) is 10.1 Å².